The lowest BCUT2D eigenvalue weighted by atomic mass is 9.89. The van der Waals surface area contributed by atoms with E-state index in [1.807, 2.05) is 0 Å². The van der Waals surface area contributed by atoms with Crippen LogP contribution >= 0.6 is 0 Å². The number of halogens is 3. The van der Waals surface area contributed by atoms with E-state index in [2.05, 4.69) is 10.3 Å². The van der Waals surface area contributed by atoms with Crippen LogP contribution in [0.1, 0.15) is 26.3 Å². The van der Waals surface area contributed by atoms with Gasteiger partial charge in [-0.2, -0.15) is 13.2 Å². The van der Waals surface area contributed by atoms with Crippen LogP contribution in [0.15, 0.2) is 24.5 Å². The molecule has 0 aromatic carbocycles. The average molecular weight is 290 g/mol. The SMILES string of the molecule is CC(C)(C)C(O)CNC(Cc1ccncc1)C(F)(F)F. The Hall–Kier alpha value is -1.14. The first kappa shape index (κ1) is 16.9. The molecule has 1 rings (SSSR count). The predicted octanol–water partition coefficient (Wildman–Crippen LogP) is 2.55. The van der Waals surface area contributed by atoms with Crippen LogP contribution in [0, 0.1) is 5.41 Å². The van der Waals surface area contributed by atoms with E-state index in [0.717, 1.165) is 0 Å². The van der Waals surface area contributed by atoms with Crippen LogP contribution in [0.4, 0.5) is 13.2 Å². The highest BCUT2D eigenvalue weighted by Gasteiger charge is 2.40. The lowest BCUT2D eigenvalue weighted by molar-refractivity contribution is -0.157. The van der Waals surface area contributed by atoms with Gasteiger partial charge in [0, 0.05) is 18.9 Å². The highest BCUT2D eigenvalue weighted by atomic mass is 19.4. The molecule has 0 aliphatic heterocycles. The van der Waals surface area contributed by atoms with Crippen molar-refractivity contribution in [2.45, 2.75) is 45.5 Å². The molecule has 0 aliphatic rings. The van der Waals surface area contributed by atoms with Crippen LogP contribution < -0.4 is 5.32 Å². The van der Waals surface area contributed by atoms with E-state index in [0.29, 0.717) is 5.56 Å². The van der Waals surface area contributed by atoms with Gasteiger partial charge in [0.15, 0.2) is 0 Å². The fourth-order valence-electron chi connectivity index (χ4n) is 1.62. The molecule has 0 radical (unpaired) electrons. The molecule has 2 unspecified atom stereocenters. The van der Waals surface area contributed by atoms with Crippen molar-refractivity contribution < 1.29 is 18.3 Å². The number of aromatic nitrogens is 1. The Morgan fingerprint density at radius 3 is 2.20 bits per heavy atom. The third-order valence-corrected chi connectivity index (χ3v) is 3.14. The summed E-state index contributed by atoms with van der Waals surface area (Å²) in [6.45, 7) is 5.25. The first-order chi connectivity index (χ1) is 9.10. The summed E-state index contributed by atoms with van der Waals surface area (Å²) in [5.41, 5.74) is 0.0971. The van der Waals surface area contributed by atoms with Gasteiger partial charge in [0.05, 0.1) is 6.10 Å². The Morgan fingerprint density at radius 1 is 1.20 bits per heavy atom. The van der Waals surface area contributed by atoms with Gasteiger partial charge in [0.1, 0.15) is 6.04 Å². The van der Waals surface area contributed by atoms with Crippen LogP contribution in [-0.4, -0.2) is 35.0 Å². The number of hydrogen-bond donors (Lipinski definition) is 2. The van der Waals surface area contributed by atoms with Gasteiger partial charge < -0.3 is 10.4 Å². The summed E-state index contributed by atoms with van der Waals surface area (Å²) in [4.78, 5) is 3.78. The highest BCUT2D eigenvalue weighted by Crippen LogP contribution is 2.24. The van der Waals surface area contributed by atoms with Gasteiger partial charge in [0.25, 0.3) is 0 Å². The number of aliphatic hydroxyl groups excluding tert-OH is 1. The van der Waals surface area contributed by atoms with E-state index in [1.165, 1.54) is 12.4 Å². The second-order valence-corrected chi connectivity index (χ2v) is 5.94. The van der Waals surface area contributed by atoms with E-state index in [-0.39, 0.29) is 13.0 Å². The molecule has 0 aliphatic carbocycles. The van der Waals surface area contributed by atoms with Crippen LogP contribution in [0.25, 0.3) is 0 Å². The lowest BCUT2D eigenvalue weighted by Crippen LogP contribution is -2.48. The first-order valence-corrected chi connectivity index (χ1v) is 6.48. The van der Waals surface area contributed by atoms with Crippen molar-refractivity contribution in [3.8, 4) is 0 Å². The maximum atomic E-state index is 13.0. The number of hydrogen-bond acceptors (Lipinski definition) is 3. The third kappa shape index (κ3) is 5.46. The smallest absolute Gasteiger partial charge is 0.391 e. The van der Waals surface area contributed by atoms with E-state index in [4.69, 9.17) is 0 Å². The van der Waals surface area contributed by atoms with Gasteiger partial charge in [-0.05, 0) is 29.5 Å². The van der Waals surface area contributed by atoms with Gasteiger partial charge in [0.2, 0.25) is 0 Å². The van der Waals surface area contributed by atoms with Crippen LogP contribution in [0.3, 0.4) is 0 Å². The van der Waals surface area contributed by atoms with Gasteiger partial charge in [-0.1, -0.05) is 20.8 Å². The van der Waals surface area contributed by atoms with Crippen LogP contribution in [0.2, 0.25) is 0 Å². The molecule has 0 bridgehead atoms. The number of nitrogens with one attached hydrogen (secondary N) is 1. The Labute approximate surface area is 117 Å². The topological polar surface area (TPSA) is 45.1 Å². The van der Waals surface area contributed by atoms with E-state index in [9.17, 15) is 18.3 Å². The maximum Gasteiger partial charge on any atom is 0.404 e. The predicted molar refractivity (Wildman–Crippen MR) is 71.2 cm³/mol. The quantitative estimate of drug-likeness (QED) is 0.876. The zero-order valence-electron chi connectivity index (χ0n) is 11.9. The van der Waals surface area contributed by atoms with Gasteiger partial charge in [-0.15, -0.1) is 0 Å². The molecule has 1 aromatic heterocycles. The summed E-state index contributed by atoms with van der Waals surface area (Å²) >= 11 is 0. The third-order valence-electron chi connectivity index (χ3n) is 3.14. The molecule has 0 fully saturated rings. The minimum Gasteiger partial charge on any atom is -0.391 e. The van der Waals surface area contributed by atoms with Crippen LogP contribution in [0.5, 0.6) is 0 Å². The zero-order chi connectivity index (χ0) is 15.4. The first-order valence-electron chi connectivity index (χ1n) is 6.48. The number of rotatable bonds is 5. The van der Waals surface area contributed by atoms with Crippen molar-refractivity contribution in [3.63, 3.8) is 0 Å². The zero-order valence-corrected chi connectivity index (χ0v) is 11.9. The molecule has 6 heteroatoms. The van der Waals surface area contributed by atoms with Gasteiger partial charge in [-0.3, -0.25) is 4.98 Å². The van der Waals surface area contributed by atoms with E-state index >= 15 is 0 Å². The second-order valence-electron chi connectivity index (χ2n) is 5.94. The molecular formula is C14H21F3N2O. The Morgan fingerprint density at radius 2 is 1.75 bits per heavy atom. The van der Waals surface area contributed by atoms with Crippen molar-refractivity contribution >= 4 is 0 Å². The van der Waals surface area contributed by atoms with E-state index < -0.39 is 23.7 Å². The summed E-state index contributed by atoms with van der Waals surface area (Å²) in [7, 11) is 0. The summed E-state index contributed by atoms with van der Waals surface area (Å²) in [6.07, 6.45) is -2.45. The maximum absolute atomic E-state index is 13.0. The normalized spacial score (nSPS) is 15.9. The Balaban J connectivity index is 2.67. The van der Waals surface area contributed by atoms with Crippen molar-refractivity contribution in [2.75, 3.05) is 6.54 Å². The fraction of sp³-hybridized carbons (Fsp3) is 0.643. The number of nitrogens with zero attached hydrogens (tertiary/aromatic N) is 1. The lowest BCUT2D eigenvalue weighted by Gasteiger charge is -2.29. The van der Waals surface area contributed by atoms with Gasteiger partial charge in [-0.25, -0.2) is 0 Å². The Bertz CT molecular complexity index is 401. The second kappa shape index (κ2) is 6.54. The average Bonchev–Trinajstić information content (AvgIpc) is 2.32. The molecule has 2 atom stereocenters. The summed E-state index contributed by atoms with van der Waals surface area (Å²) in [5.74, 6) is 0. The van der Waals surface area contributed by atoms with Crippen molar-refractivity contribution in [2.24, 2.45) is 5.41 Å². The minimum absolute atomic E-state index is 0.0985. The molecule has 0 spiro atoms. The molecular weight excluding hydrogens is 269 g/mol. The highest BCUT2D eigenvalue weighted by molar-refractivity contribution is 5.12. The minimum atomic E-state index is -4.36. The van der Waals surface area contributed by atoms with Crippen LogP contribution in [-0.2, 0) is 6.42 Å². The van der Waals surface area contributed by atoms with Crippen molar-refractivity contribution in [1.29, 1.82) is 0 Å². The summed E-state index contributed by atoms with van der Waals surface area (Å²) < 4.78 is 39.0. The number of alkyl halides is 3. The monoisotopic (exact) mass is 290 g/mol. The van der Waals surface area contributed by atoms with E-state index in [1.54, 1.807) is 32.9 Å². The standard InChI is InChI=1S/C14H21F3N2O/c1-13(2,3)12(20)9-19-11(14(15,16)17)8-10-4-6-18-7-5-10/h4-7,11-12,19-20H,8-9H2,1-3H3. The summed E-state index contributed by atoms with van der Waals surface area (Å²) in [5, 5.41) is 12.2. The molecule has 0 saturated heterocycles. The van der Waals surface area contributed by atoms with Gasteiger partial charge >= 0.3 is 6.18 Å². The molecule has 114 valence electrons. The fourth-order valence-corrected chi connectivity index (χ4v) is 1.62. The number of aliphatic hydroxyl groups is 1. The Kier molecular flexibility index (Phi) is 5.53. The number of pyridine rings is 1. The molecule has 20 heavy (non-hydrogen) atoms. The summed E-state index contributed by atoms with van der Waals surface area (Å²) in [6, 6.07) is 1.43. The molecule has 2 N–H and O–H groups in total. The molecule has 1 heterocycles. The molecule has 3 nitrogen and oxygen atoms in total. The van der Waals surface area contributed by atoms with Crippen molar-refractivity contribution in [3.05, 3.63) is 30.1 Å². The molecule has 0 saturated carbocycles. The molecule has 0 amide bonds. The van der Waals surface area contributed by atoms with Crippen molar-refractivity contribution in [1.82, 2.24) is 10.3 Å². The molecule has 1 aromatic rings. The largest absolute Gasteiger partial charge is 0.404 e.